The fourth-order valence-corrected chi connectivity index (χ4v) is 5.14. The number of amides is 2. The molecule has 41 heavy (non-hydrogen) atoms. The highest BCUT2D eigenvalue weighted by Crippen LogP contribution is 2.32. The molecule has 2 amide bonds. The van der Waals surface area contributed by atoms with Gasteiger partial charge in [0.1, 0.15) is 5.69 Å². The highest BCUT2D eigenvalue weighted by atomic mass is 35.5. The second kappa shape index (κ2) is 12.9. The molecule has 2 unspecified atom stereocenters. The lowest BCUT2D eigenvalue weighted by Gasteiger charge is -2.30. The van der Waals surface area contributed by atoms with Crippen molar-refractivity contribution in [2.45, 2.75) is 37.8 Å². The molecule has 3 heterocycles. The van der Waals surface area contributed by atoms with Crippen molar-refractivity contribution in [2.75, 3.05) is 31.3 Å². The number of fused-ring (bicyclic) bond motifs is 1. The molecule has 1 aliphatic rings. The third-order valence-electron chi connectivity index (χ3n) is 6.93. The zero-order valence-corrected chi connectivity index (χ0v) is 23.8. The van der Waals surface area contributed by atoms with Crippen LogP contribution >= 0.6 is 11.6 Å². The van der Waals surface area contributed by atoms with Crippen molar-refractivity contribution in [3.63, 3.8) is 0 Å². The summed E-state index contributed by atoms with van der Waals surface area (Å²) >= 11 is 6.49. The Labute approximate surface area is 243 Å². The molecule has 0 aliphatic heterocycles. The Hall–Kier alpha value is -4.28. The van der Waals surface area contributed by atoms with Gasteiger partial charge < -0.3 is 25.8 Å². The van der Waals surface area contributed by atoms with Gasteiger partial charge in [-0.25, -0.2) is 15.0 Å². The van der Waals surface area contributed by atoms with Gasteiger partial charge in [0.2, 0.25) is 11.9 Å². The first kappa shape index (κ1) is 28.3. The van der Waals surface area contributed by atoms with Crippen molar-refractivity contribution >= 4 is 46.0 Å². The predicted molar refractivity (Wildman–Crippen MR) is 162 cm³/mol. The first-order valence-corrected chi connectivity index (χ1v) is 14.0. The van der Waals surface area contributed by atoms with Crippen molar-refractivity contribution in [2.24, 2.45) is 0 Å². The summed E-state index contributed by atoms with van der Waals surface area (Å²) in [5, 5.41) is 10.8. The second-order valence-electron chi connectivity index (χ2n) is 10.4. The van der Waals surface area contributed by atoms with Gasteiger partial charge in [0.15, 0.2) is 0 Å². The van der Waals surface area contributed by atoms with Crippen molar-refractivity contribution in [1.82, 2.24) is 30.2 Å². The first-order valence-electron chi connectivity index (χ1n) is 13.6. The predicted octanol–water partition coefficient (Wildman–Crippen LogP) is 4.88. The Kier molecular flexibility index (Phi) is 8.91. The number of carbonyl (C=O) groups excluding carboxylic acids is 2. The van der Waals surface area contributed by atoms with Crippen LogP contribution in [0.1, 0.15) is 36.2 Å². The Morgan fingerprint density at radius 2 is 1.93 bits per heavy atom. The molecule has 0 bridgehead atoms. The number of para-hydroxylation sites is 1. The molecular weight excluding hydrogens is 540 g/mol. The monoisotopic (exact) mass is 572 g/mol. The molecule has 1 aromatic carbocycles. The molecule has 11 heteroatoms. The highest BCUT2D eigenvalue weighted by molar-refractivity contribution is 6.33. The Morgan fingerprint density at radius 1 is 1.10 bits per heavy atom. The number of anilines is 2. The number of halogens is 1. The smallest absolute Gasteiger partial charge is 0.270 e. The Morgan fingerprint density at radius 3 is 2.73 bits per heavy atom. The van der Waals surface area contributed by atoms with Crippen LogP contribution in [0.4, 0.5) is 11.6 Å². The van der Waals surface area contributed by atoms with Crippen molar-refractivity contribution in [1.29, 1.82) is 0 Å². The van der Waals surface area contributed by atoms with E-state index in [1.165, 1.54) is 12.3 Å². The van der Waals surface area contributed by atoms with E-state index in [9.17, 15) is 9.59 Å². The van der Waals surface area contributed by atoms with Crippen LogP contribution in [0.2, 0.25) is 5.02 Å². The van der Waals surface area contributed by atoms with Crippen molar-refractivity contribution < 1.29 is 9.59 Å². The molecule has 2 atom stereocenters. The van der Waals surface area contributed by atoms with Gasteiger partial charge in [-0.1, -0.05) is 35.9 Å². The molecular formula is C30H33ClN8O2. The maximum Gasteiger partial charge on any atom is 0.270 e. The van der Waals surface area contributed by atoms with Gasteiger partial charge in [-0.15, -0.1) is 0 Å². The van der Waals surface area contributed by atoms with Gasteiger partial charge >= 0.3 is 0 Å². The van der Waals surface area contributed by atoms with Crippen LogP contribution in [0, 0.1) is 0 Å². The minimum atomic E-state index is -0.247. The van der Waals surface area contributed by atoms with E-state index < -0.39 is 0 Å². The standard InChI is InChI=1S/C30H33ClN8O2/c1-39(2)14-6-11-27(40)35-21-12-13-26(32-16-21)29(41)36-19-7-5-8-20(15-19)37-30-34-18-24(31)28(38-30)23-17-33-25-10-4-3-9-22(23)25/h3-4,6,9-13,16-20,33H,5,7-8,14-15H2,1-2H3,(H,35,40)(H,36,41)(H,34,37,38). The number of likely N-dealkylation sites (N-methyl/N-ethyl adjacent to an activating group) is 1. The lowest BCUT2D eigenvalue weighted by atomic mass is 9.91. The summed E-state index contributed by atoms with van der Waals surface area (Å²) < 4.78 is 0. The summed E-state index contributed by atoms with van der Waals surface area (Å²) in [6.45, 7) is 0.668. The highest BCUT2D eigenvalue weighted by Gasteiger charge is 2.25. The van der Waals surface area contributed by atoms with E-state index in [1.807, 2.05) is 49.5 Å². The average molecular weight is 573 g/mol. The number of nitrogens with zero attached hydrogens (tertiary/aromatic N) is 4. The summed E-state index contributed by atoms with van der Waals surface area (Å²) in [7, 11) is 3.85. The van der Waals surface area contributed by atoms with Crippen LogP contribution in [-0.4, -0.2) is 69.4 Å². The SMILES string of the molecule is CN(C)CC=CC(=O)Nc1ccc(C(=O)NC2CCCC(Nc3ncc(Cl)c(-c4c[nH]c5ccccc45)n3)C2)nc1. The summed E-state index contributed by atoms with van der Waals surface area (Å²) in [5.41, 5.74) is 3.42. The molecule has 212 valence electrons. The van der Waals surface area contributed by atoms with E-state index in [1.54, 1.807) is 24.4 Å². The number of aromatic amines is 1. The van der Waals surface area contributed by atoms with Gasteiger partial charge in [-0.3, -0.25) is 9.59 Å². The minimum Gasteiger partial charge on any atom is -0.360 e. The second-order valence-corrected chi connectivity index (χ2v) is 10.8. The molecule has 1 saturated carbocycles. The number of hydrogen-bond acceptors (Lipinski definition) is 7. The van der Waals surface area contributed by atoms with Gasteiger partial charge in [0.25, 0.3) is 5.91 Å². The fraction of sp³-hybridized carbons (Fsp3) is 0.300. The van der Waals surface area contributed by atoms with E-state index in [-0.39, 0.29) is 23.9 Å². The normalized spacial score (nSPS) is 17.2. The average Bonchev–Trinajstić information content (AvgIpc) is 3.38. The third-order valence-corrected chi connectivity index (χ3v) is 7.21. The van der Waals surface area contributed by atoms with Gasteiger partial charge in [-0.05, 0) is 58.0 Å². The van der Waals surface area contributed by atoms with E-state index in [2.05, 4.69) is 30.9 Å². The number of benzene rings is 1. The molecule has 4 aromatic rings. The molecule has 3 aromatic heterocycles. The Bertz CT molecular complexity index is 1550. The molecule has 10 nitrogen and oxygen atoms in total. The number of carbonyl (C=O) groups is 2. The maximum atomic E-state index is 12.9. The molecule has 5 rings (SSSR count). The van der Waals surface area contributed by atoms with E-state index >= 15 is 0 Å². The van der Waals surface area contributed by atoms with E-state index in [4.69, 9.17) is 16.6 Å². The third kappa shape index (κ3) is 7.27. The summed E-state index contributed by atoms with van der Waals surface area (Å²) in [6.07, 6.45) is 11.8. The number of pyridine rings is 1. The zero-order chi connectivity index (χ0) is 28.8. The number of aromatic nitrogens is 4. The van der Waals surface area contributed by atoms with E-state index in [0.717, 1.165) is 42.1 Å². The van der Waals surface area contributed by atoms with Gasteiger partial charge in [0.05, 0.1) is 28.8 Å². The molecule has 1 aliphatic carbocycles. The molecule has 0 spiro atoms. The summed E-state index contributed by atoms with van der Waals surface area (Å²) in [4.78, 5) is 43.6. The largest absolute Gasteiger partial charge is 0.360 e. The maximum absolute atomic E-state index is 12.9. The van der Waals surface area contributed by atoms with Gasteiger partial charge in [0, 0.05) is 47.4 Å². The number of H-pyrrole nitrogens is 1. The van der Waals surface area contributed by atoms with Gasteiger partial charge in [-0.2, -0.15) is 0 Å². The summed E-state index contributed by atoms with van der Waals surface area (Å²) in [5.74, 6) is 0.0103. The van der Waals surface area contributed by atoms with Crippen molar-refractivity contribution in [3.05, 3.63) is 77.9 Å². The topological polar surface area (TPSA) is 128 Å². The quantitative estimate of drug-likeness (QED) is 0.210. The minimum absolute atomic E-state index is 0.0165. The lowest BCUT2D eigenvalue weighted by Crippen LogP contribution is -2.42. The van der Waals surface area contributed by atoms with Crippen LogP contribution in [0.3, 0.4) is 0 Å². The Balaban J connectivity index is 1.17. The zero-order valence-electron chi connectivity index (χ0n) is 23.0. The number of rotatable bonds is 9. The molecule has 1 fully saturated rings. The molecule has 4 N–H and O–H groups in total. The van der Waals surface area contributed by atoms with Crippen LogP contribution in [0.25, 0.3) is 22.2 Å². The van der Waals surface area contributed by atoms with Crippen molar-refractivity contribution in [3.8, 4) is 11.3 Å². The first-order chi connectivity index (χ1) is 19.9. The fourth-order valence-electron chi connectivity index (χ4n) is 4.94. The molecule has 0 radical (unpaired) electrons. The molecule has 0 saturated heterocycles. The van der Waals surface area contributed by atoms with Crippen LogP contribution < -0.4 is 16.0 Å². The summed E-state index contributed by atoms with van der Waals surface area (Å²) in [6, 6.07) is 11.4. The number of hydrogen-bond donors (Lipinski definition) is 4. The van der Waals surface area contributed by atoms with Crippen LogP contribution in [-0.2, 0) is 4.79 Å². The lowest BCUT2D eigenvalue weighted by molar-refractivity contribution is -0.111. The van der Waals surface area contributed by atoms with E-state index in [0.29, 0.717) is 34.6 Å². The van der Waals surface area contributed by atoms with Crippen LogP contribution in [0.15, 0.2) is 67.1 Å². The van der Waals surface area contributed by atoms with Crippen LogP contribution in [0.5, 0.6) is 0 Å². The number of nitrogens with one attached hydrogen (secondary N) is 4.